The molecule has 2 N–H and O–H groups in total. The van der Waals surface area contributed by atoms with E-state index in [1.807, 2.05) is 48.5 Å². The smallest absolute Gasteiger partial charge is 0.264 e. The highest BCUT2D eigenvalue weighted by Gasteiger charge is 2.52. The van der Waals surface area contributed by atoms with E-state index >= 15 is 0 Å². The first-order valence-corrected chi connectivity index (χ1v) is 15.0. The molecule has 43 heavy (non-hydrogen) atoms. The zero-order valence-corrected chi connectivity index (χ0v) is 24.7. The van der Waals surface area contributed by atoms with Gasteiger partial charge >= 0.3 is 0 Å². The van der Waals surface area contributed by atoms with Gasteiger partial charge < -0.3 is 24.9 Å². The summed E-state index contributed by atoms with van der Waals surface area (Å²) in [5, 5.41) is 22.4. The van der Waals surface area contributed by atoms with Gasteiger partial charge in [0.2, 0.25) is 11.8 Å². The molecule has 222 valence electrons. The Morgan fingerprint density at radius 3 is 2.60 bits per heavy atom. The van der Waals surface area contributed by atoms with E-state index in [-0.39, 0.29) is 37.4 Å². The van der Waals surface area contributed by atoms with Gasteiger partial charge in [-0.3, -0.25) is 14.4 Å². The van der Waals surface area contributed by atoms with Gasteiger partial charge in [0.25, 0.3) is 5.91 Å². The first-order valence-electron chi connectivity index (χ1n) is 14.6. The van der Waals surface area contributed by atoms with Crippen LogP contribution in [-0.4, -0.2) is 52.0 Å². The number of rotatable bonds is 8. The predicted octanol–water partition coefficient (Wildman–Crippen LogP) is 4.34. The molecule has 6 rings (SSSR count). The number of anilines is 2. The number of carbonyl (C=O) groups excluding carboxylic acids is 3. The lowest BCUT2D eigenvalue weighted by Gasteiger charge is -2.36. The number of hydrogen-bond donors (Lipinski definition) is 2. The molecular weight excluding hydrogens is 566 g/mol. The van der Waals surface area contributed by atoms with Gasteiger partial charge in [0.15, 0.2) is 5.60 Å². The van der Waals surface area contributed by atoms with Crippen molar-refractivity contribution in [2.45, 2.75) is 50.9 Å². The third kappa shape index (κ3) is 5.24. The van der Waals surface area contributed by atoms with Crippen molar-refractivity contribution >= 4 is 40.7 Å². The second kappa shape index (κ2) is 11.6. The number of hydrogen-bond acceptors (Lipinski definition) is 5. The van der Waals surface area contributed by atoms with Crippen molar-refractivity contribution in [1.29, 1.82) is 0 Å². The Bertz CT molecular complexity index is 1620. The fourth-order valence-corrected chi connectivity index (χ4v) is 6.51. The molecule has 3 atom stereocenters. The Kier molecular flexibility index (Phi) is 7.85. The number of amides is 3. The molecule has 0 unspecified atom stereocenters. The molecule has 1 saturated heterocycles. The lowest BCUT2D eigenvalue weighted by Crippen LogP contribution is -2.46. The molecule has 0 aliphatic carbocycles. The van der Waals surface area contributed by atoms with Crippen LogP contribution in [0.3, 0.4) is 0 Å². The van der Waals surface area contributed by atoms with Crippen LogP contribution < -0.4 is 9.80 Å². The number of halogens is 1. The highest BCUT2D eigenvalue weighted by Crippen LogP contribution is 2.47. The molecule has 3 amide bonds. The second-order valence-corrected chi connectivity index (χ2v) is 12.0. The molecule has 0 saturated carbocycles. The highest BCUT2D eigenvalue weighted by atomic mass is 35.5. The molecule has 3 heterocycles. The van der Waals surface area contributed by atoms with E-state index in [4.69, 9.17) is 11.6 Å². The third-order valence-corrected chi connectivity index (χ3v) is 9.14. The zero-order valence-electron chi connectivity index (χ0n) is 23.9. The van der Waals surface area contributed by atoms with Crippen molar-refractivity contribution in [1.82, 2.24) is 4.90 Å². The van der Waals surface area contributed by atoms with Crippen LogP contribution >= 0.6 is 11.6 Å². The van der Waals surface area contributed by atoms with Crippen LogP contribution in [0.1, 0.15) is 42.0 Å². The average Bonchev–Trinajstić information content (AvgIpc) is 3.21. The molecule has 3 aliphatic heterocycles. The van der Waals surface area contributed by atoms with E-state index in [0.29, 0.717) is 42.2 Å². The van der Waals surface area contributed by atoms with Crippen molar-refractivity contribution in [3.05, 3.63) is 106 Å². The molecule has 3 aromatic rings. The van der Waals surface area contributed by atoms with Crippen molar-refractivity contribution in [3.8, 4) is 0 Å². The molecule has 8 nitrogen and oxygen atoms in total. The first kappa shape index (κ1) is 29.1. The van der Waals surface area contributed by atoms with Gasteiger partial charge in [-0.05, 0) is 53.4 Å². The number of β-lactam (4-membered cyclic amide) rings is 1. The average molecular weight is 600 g/mol. The second-order valence-electron chi connectivity index (χ2n) is 11.5. The van der Waals surface area contributed by atoms with Crippen molar-refractivity contribution < 1.29 is 24.6 Å². The van der Waals surface area contributed by atoms with E-state index in [2.05, 4.69) is 0 Å². The fourth-order valence-electron chi connectivity index (χ4n) is 6.34. The maximum absolute atomic E-state index is 14.0. The topological polar surface area (TPSA) is 101 Å². The van der Waals surface area contributed by atoms with Crippen LogP contribution in [0, 0.1) is 5.92 Å². The van der Waals surface area contributed by atoms with Gasteiger partial charge in [-0.1, -0.05) is 67.1 Å². The van der Waals surface area contributed by atoms with Gasteiger partial charge in [0.05, 0.1) is 24.9 Å². The zero-order chi connectivity index (χ0) is 30.3. The monoisotopic (exact) mass is 599 g/mol. The number of fused-ring (bicyclic) bond motifs is 2. The molecule has 0 bridgehead atoms. The number of benzene rings is 3. The summed E-state index contributed by atoms with van der Waals surface area (Å²) in [6, 6.07) is 20.2. The van der Waals surface area contributed by atoms with Gasteiger partial charge in [-0.15, -0.1) is 0 Å². The summed E-state index contributed by atoms with van der Waals surface area (Å²) in [4.78, 5) is 44.1. The van der Waals surface area contributed by atoms with Crippen LogP contribution in [0.5, 0.6) is 0 Å². The van der Waals surface area contributed by atoms with Gasteiger partial charge in [0.1, 0.15) is 0 Å². The Hall–Kier alpha value is -3.98. The van der Waals surface area contributed by atoms with Crippen LogP contribution in [0.15, 0.2) is 78.9 Å². The predicted molar refractivity (Wildman–Crippen MR) is 164 cm³/mol. The SMILES string of the molecule is C[C@@H](/C=C/CC(=O)N1Cc2ccccc2C[C@H]1CO)[C@]1(O)C(=O)N(Cc2cccc(N3CCC3=O)c2)c2ccc(Cl)cc21. The van der Waals surface area contributed by atoms with Crippen LogP contribution in [0.4, 0.5) is 11.4 Å². The minimum absolute atomic E-state index is 0.0693. The van der Waals surface area contributed by atoms with E-state index in [1.165, 1.54) is 0 Å². The number of aliphatic hydroxyl groups is 2. The van der Waals surface area contributed by atoms with E-state index in [0.717, 1.165) is 22.4 Å². The molecule has 1 fully saturated rings. The fraction of sp³-hybridized carbons (Fsp3) is 0.324. The lowest BCUT2D eigenvalue weighted by atomic mass is 9.83. The molecule has 3 aromatic carbocycles. The molecule has 9 heteroatoms. The van der Waals surface area contributed by atoms with Gasteiger partial charge in [-0.2, -0.15) is 0 Å². The van der Waals surface area contributed by atoms with Crippen molar-refractivity contribution in [3.63, 3.8) is 0 Å². The van der Waals surface area contributed by atoms with Gasteiger partial charge in [0, 0.05) is 48.1 Å². The van der Waals surface area contributed by atoms with Crippen LogP contribution in [0.2, 0.25) is 5.02 Å². The number of aliphatic hydroxyl groups excluding tert-OH is 1. The largest absolute Gasteiger partial charge is 0.394 e. The minimum Gasteiger partial charge on any atom is -0.394 e. The summed E-state index contributed by atoms with van der Waals surface area (Å²) in [5.74, 6) is -1.21. The minimum atomic E-state index is -1.89. The maximum atomic E-state index is 14.0. The normalized spacial score (nSPS) is 22.0. The quantitative estimate of drug-likeness (QED) is 0.296. The Balaban J connectivity index is 1.20. The first-order chi connectivity index (χ1) is 20.7. The van der Waals surface area contributed by atoms with E-state index in [1.54, 1.807) is 52.0 Å². The Morgan fingerprint density at radius 2 is 1.88 bits per heavy atom. The van der Waals surface area contributed by atoms with Crippen molar-refractivity contribution in [2.75, 3.05) is 23.0 Å². The lowest BCUT2D eigenvalue weighted by molar-refractivity contribution is -0.139. The molecule has 0 aromatic heterocycles. The summed E-state index contributed by atoms with van der Waals surface area (Å²) in [6.45, 7) is 2.93. The number of nitrogens with zero attached hydrogens (tertiary/aromatic N) is 3. The summed E-state index contributed by atoms with van der Waals surface area (Å²) >= 11 is 6.33. The molecular formula is C34H34ClN3O5. The van der Waals surface area contributed by atoms with E-state index in [9.17, 15) is 24.6 Å². The molecule has 3 aliphatic rings. The number of carbonyl (C=O) groups is 3. The summed E-state index contributed by atoms with van der Waals surface area (Å²) in [6.07, 6.45) is 4.58. The Labute approximate surface area is 255 Å². The molecule has 0 radical (unpaired) electrons. The van der Waals surface area contributed by atoms with E-state index < -0.39 is 17.4 Å². The van der Waals surface area contributed by atoms with Crippen LogP contribution in [0.25, 0.3) is 0 Å². The standard InChI is InChI=1S/C34H34ClN3O5/c1-22(6-4-11-31(40)37-20-25-9-3-2-8-24(25)17-28(37)21-39)34(43)29-18-26(35)12-13-30(29)38(33(34)42)19-23-7-5-10-27(16-23)36-15-14-32(36)41/h2-10,12-13,16,18,22,28,39,43H,11,14-15,17,19-21H2,1H3/b6-4+/t22-,28-,34+/m0/s1. The summed E-state index contributed by atoms with van der Waals surface area (Å²) < 4.78 is 0. The van der Waals surface area contributed by atoms with Crippen LogP contribution in [-0.2, 0) is 39.5 Å². The maximum Gasteiger partial charge on any atom is 0.264 e. The summed E-state index contributed by atoms with van der Waals surface area (Å²) in [7, 11) is 0. The van der Waals surface area contributed by atoms with Gasteiger partial charge in [-0.25, -0.2) is 0 Å². The molecule has 0 spiro atoms. The van der Waals surface area contributed by atoms with Crippen molar-refractivity contribution in [2.24, 2.45) is 5.92 Å². The third-order valence-electron chi connectivity index (χ3n) is 8.91. The summed E-state index contributed by atoms with van der Waals surface area (Å²) in [5.41, 5.74) is 2.91. The highest BCUT2D eigenvalue weighted by molar-refractivity contribution is 6.31. The Morgan fingerprint density at radius 1 is 1.09 bits per heavy atom.